The maximum atomic E-state index is 13.1. The molecule has 1 amide bonds. The van der Waals surface area contributed by atoms with Crippen LogP contribution in [0.5, 0.6) is 5.75 Å². The van der Waals surface area contributed by atoms with Crippen LogP contribution in [0.15, 0.2) is 78.0 Å². The number of fused-ring (bicyclic) bond motifs is 1. The summed E-state index contributed by atoms with van der Waals surface area (Å²) in [5, 5.41) is 9.63. The number of para-hydroxylation sites is 1. The molecule has 0 spiro atoms. The van der Waals surface area contributed by atoms with Gasteiger partial charge in [-0.1, -0.05) is 53.7 Å². The summed E-state index contributed by atoms with van der Waals surface area (Å²) in [4.78, 5) is 14.9. The minimum atomic E-state index is 0.0753. The highest BCUT2D eigenvalue weighted by Gasteiger charge is 2.25. The molecule has 2 heterocycles. The van der Waals surface area contributed by atoms with Gasteiger partial charge >= 0.3 is 0 Å². The van der Waals surface area contributed by atoms with Gasteiger partial charge in [0.15, 0.2) is 11.0 Å². The van der Waals surface area contributed by atoms with Gasteiger partial charge in [-0.3, -0.25) is 9.36 Å². The molecule has 7 heteroatoms. The zero-order valence-electron chi connectivity index (χ0n) is 18.6. The molecule has 6 nitrogen and oxygen atoms in total. The van der Waals surface area contributed by atoms with E-state index in [4.69, 9.17) is 4.74 Å². The van der Waals surface area contributed by atoms with E-state index in [2.05, 4.69) is 35.3 Å². The number of thioether (sulfide) groups is 1. The van der Waals surface area contributed by atoms with Gasteiger partial charge in [-0.15, -0.1) is 10.2 Å². The van der Waals surface area contributed by atoms with Crippen LogP contribution < -0.4 is 9.64 Å². The molecule has 4 aromatic rings. The molecule has 1 aliphatic rings. The molecule has 33 heavy (non-hydrogen) atoms. The minimum absolute atomic E-state index is 0.0753. The number of rotatable bonds is 6. The van der Waals surface area contributed by atoms with Gasteiger partial charge in [0, 0.05) is 23.5 Å². The van der Waals surface area contributed by atoms with Crippen molar-refractivity contribution in [2.75, 3.05) is 24.3 Å². The number of nitrogens with zero attached hydrogens (tertiary/aromatic N) is 4. The molecule has 0 unspecified atom stereocenters. The summed E-state index contributed by atoms with van der Waals surface area (Å²) in [5.74, 6) is 1.88. The molecule has 0 saturated carbocycles. The summed E-state index contributed by atoms with van der Waals surface area (Å²) in [6.45, 7) is 2.78. The minimum Gasteiger partial charge on any atom is -0.497 e. The van der Waals surface area contributed by atoms with Gasteiger partial charge in [0.05, 0.1) is 12.9 Å². The van der Waals surface area contributed by atoms with Crippen LogP contribution in [0.1, 0.15) is 11.1 Å². The predicted molar refractivity (Wildman–Crippen MR) is 131 cm³/mol. The average molecular weight is 457 g/mol. The molecule has 0 aliphatic carbocycles. The van der Waals surface area contributed by atoms with Crippen LogP contribution >= 0.6 is 11.8 Å². The third kappa shape index (κ3) is 4.24. The topological polar surface area (TPSA) is 60.2 Å². The quantitative estimate of drug-likeness (QED) is 0.385. The first-order valence-corrected chi connectivity index (χ1v) is 11.8. The largest absolute Gasteiger partial charge is 0.497 e. The van der Waals surface area contributed by atoms with Gasteiger partial charge in [0.2, 0.25) is 5.91 Å². The number of hydrogen-bond donors (Lipinski definition) is 0. The summed E-state index contributed by atoms with van der Waals surface area (Å²) in [7, 11) is 1.65. The number of carbonyl (C=O) groups is 1. The second-order valence-electron chi connectivity index (χ2n) is 7.92. The Kier molecular flexibility index (Phi) is 5.88. The highest BCUT2D eigenvalue weighted by atomic mass is 32.2. The van der Waals surface area contributed by atoms with E-state index < -0.39 is 0 Å². The van der Waals surface area contributed by atoms with Crippen molar-refractivity contribution in [3.05, 3.63) is 83.9 Å². The Balaban J connectivity index is 1.45. The lowest BCUT2D eigenvalue weighted by molar-refractivity contribution is -0.116. The van der Waals surface area contributed by atoms with E-state index in [1.807, 2.05) is 64.1 Å². The number of carbonyl (C=O) groups excluding carboxylic acids is 1. The van der Waals surface area contributed by atoms with Crippen LogP contribution in [0.2, 0.25) is 0 Å². The van der Waals surface area contributed by atoms with Crippen molar-refractivity contribution in [3.8, 4) is 22.8 Å². The molecule has 0 atom stereocenters. The standard InChI is InChI=1S/C26H24N4O2S/c1-18-6-5-8-20(16-18)25-27-28-26(30(25)21-10-12-22(32-2)13-11-21)33-17-24(31)29-15-14-19-7-3-4-9-23(19)29/h3-13,16H,14-15,17H2,1-2H3. The van der Waals surface area contributed by atoms with Crippen molar-refractivity contribution in [3.63, 3.8) is 0 Å². The fourth-order valence-electron chi connectivity index (χ4n) is 4.10. The maximum absolute atomic E-state index is 13.1. The lowest BCUT2D eigenvalue weighted by atomic mass is 10.1. The molecule has 0 radical (unpaired) electrons. The van der Waals surface area contributed by atoms with Crippen molar-refractivity contribution >= 4 is 23.4 Å². The van der Waals surface area contributed by atoms with Gasteiger partial charge in [-0.2, -0.15) is 0 Å². The van der Waals surface area contributed by atoms with Crippen LogP contribution in [0.25, 0.3) is 17.1 Å². The van der Waals surface area contributed by atoms with Gasteiger partial charge in [0.1, 0.15) is 5.75 Å². The highest BCUT2D eigenvalue weighted by molar-refractivity contribution is 7.99. The summed E-state index contributed by atoms with van der Waals surface area (Å²) in [6, 6.07) is 24.1. The monoisotopic (exact) mass is 456 g/mol. The number of ether oxygens (including phenoxy) is 1. The van der Waals surface area contributed by atoms with E-state index in [-0.39, 0.29) is 11.7 Å². The average Bonchev–Trinajstić information content (AvgIpc) is 3.47. The number of amides is 1. The van der Waals surface area contributed by atoms with Crippen molar-refractivity contribution in [2.24, 2.45) is 0 Å². The van der Waals surface area contributed by atoms with Crippen molar-refractivity contribution in [1.29, 1.82) is 0 Å². The number of aromatic nitrogens is 3. The van der Waals surface area contributed by atoms with Crippen LogP contribution in [-0.2, 0) is 11.2 Å². The highest BCUT2D eigenvalue weighted by Crippen LogP contribution is 2.31. The van der Waals surface area contributed by atoms with E-state index in [1.54, 1.807) is 7.11 Å². The molecule has 3 aromatic carbocycles. The molecule has 5 rings (SSSR count). The van der Waals surface area contributed by atoms with Crippen LogP contribution in [0.4, 0.5) is 5.69 Å². The summed E-state index contributed by atoms with van der Waals surface area (Å²) in [6.07, 6.45) is 0.895. The number of benzene rings is 3. The Morgan fingerprint density at radius 1 is 1.03 bits per heavy atom. The zero-order chi connectivity index (χ0) is 22.8. The Hall–Kier alpha value is -3.58. The van der Waals surface area contributed by atoms with Crippen LogP contribution in [0.3, 0.4) is 0 Å². The smallest absolute Gasteiger partial charge is 0.237 e. The fraction of sp³-hybridized carbons (Fsp3) is 0.192. The van der Waals surface area contributed by atoms with E-state index in [1.165, 1.54) is 17.3 Å². The third-order valence-corrected chi connectivity index (χ3v) is 6.67. The Bertz CT molecular complexity index is 1300. The van der Waals surface area contributed by atoms with Gasteiger partial charge in [-0.25, -0.2) is 0 Å². The van der Waals surface area contributed by atoms with E-state index >= 15 is 0 Å². The number of hydrogen-bond acceptors (Lipinski definition) is 5. The summed E-state index contributed by atoms with van der Waals surface area (Å²) >= 11 is 1.41. The van der Waals surface area contributed by atoms with E-state index in [9.17, 15) is 4.79 Å². The third-order valence-electron chi connectivity index (χ3n) is 5.75. The summed E-state index contributed by atoms with van der Waals surface area (Å²) in [5.41, 5.74) is 5.27. The predicted octanol–water partition coefficient (Wildman–Crippen LogP) is 4.93. The van der Waals surface area contributed by atoms with Crippen LogP contribution in [0, 0.1) is 6.92 Å². The Labute approximate surface area is 197 Å². The first-order valence-electron chi connectivity index (χ1n) is 10.8. The van der Waals surface area contributed by atoms with Crippen molar-refractivity contribution < 1.29 is 9.53 Å². The van der Waals surface area contributed by atoms with Crippen molar-refractivity contribution in [2.45, 2.75) is 18.5 Å². The van der Waals surface area contributed by atoms with E-state index in [0.717, 1.165) is 47.0 Å². The molecule has 166 valence electrons. The number of aryl methyl sites for hydroxylation is 1. The molecular weight excluding hydrogens is 432 g/mol. The normalized spacial score (nSPS) is 12.6. The lowest BCUT2D eigenvalue weighted by Crippen LogP contribution is -2.30. The lowest BCUT2D eigenvalue weighted by Gasteiger charge is -2.17. The Morgan fingerprint density at radius 3 is 2.64 bits per heavy atom. The molecule has 0 N–H and O–H groups in total. The Morgan fingerprint density at radius 2 is 1.85 bits per heavy atom. The SMILES string of the molecule is COc1ccc(-n2c(SCC(=O)N3CCc4ccccc43)nnc2-c2cccc(C)c2)cc1. The molecule has 1 aromatic heterocycles. The fourth-order valence-corrected chi connectivity index (χ4v) is 4.93. The maximum Gasteiger partial charge on any atom is 0.237 e. The first-order chi connectivity index (χ1) is 16.1. The molecule has 0 bridgehead atoms. The van der Waals surface area contributed by atoms with Gasteiger partial charge < -0.3 is 9.64 Å². The summed E-state index contributed by atoms with van der Waals surface area (Å²) < 4.78 is 7.32. The first kappa shape index (κ1) is 21.3. The van der Waals surface area contributed by atoms with Crippen LogP contribution in [-0.4, -0.2) is 40.1 Å². The van der Waals surface area contributed by atoms with Gasteiger partial charge in [0.25, 0.3) is 0 Å². The van der Waals surface area contributed by atoms with E-state index in [0.29, 0.717) is 5.16 Å². The molecule has 1 aliphatic heterocycles. The molecular formula is C26H24N4O2S. The molecule has 0 saturated heterocycles. The second kappa shape index (κ2) is 9.11. The number of methoxy groups -OCH3 is 1. The second-order valence-corrected chi connectivity index (χ2v) is 8.86. The number of anilines is 1. The zero-order valence-corrected chi connectivity index (χ0v) is 19.4. The van der Waals surface area contributed by atoms with Crippen molar-refractivity contribution in [1.82, 2.24) is 14.8 Å². The van der Waals surface area contributed by atoms with Gasteiger partial charge in [-0.05, 0) is 55.3 Å². The molecule has 0 fully saturated rings.